The van der Waals surface area contributed by atoms with E-state index in [4.69, 9.17) is 5.73 Å². The molecule has 1 aliphatic rings. The quantitative estimate of drug-likeness (QED) is 0.880. The first kappa shape index (κ1) is 12.2. The van der Waals surface area contributed by atoms with E-state index in [-0.39, 0.29) is 5.91 Å². The number of benzene rings is 1. The van der Waals surface area contributed by atoms with E-state index in [1.165, 1.54) is 10.4 Å². The maximum atomic E-state index is 12.4. The molecule has 0 saturated heterocycles. The zero-order valence-electron chi connectivity index (χ0n) is 10.8. The standard InChI is InChI=1S/C15H16N2OS/c1-9-5-7-10(8-6-9)17-15(18)13-11-3-2-4-12(11)19-14(13)16/h5-8H,2-4,16H2,1H3,(H,17,18). The zero-order valence-corrected chi connectivity index (χ0v) is 11.6. The van der Waals surface area contributed by atoms with Crippen molar-refractivity contribution in [2.45, 2.75) is 26.2 Å². The van der Waals surface area contributed by atoms with Crippen LogP contribution in [0.15, 0.2) is 24.3 Å². The first-order valence-corrected chi connectivity index (χ1v) is 7.25. The van der Waals surface area contributed by atoms with Gasteiger partial charge in [0.25, 0.3) is 5.91 Å². The average Bonchev–Trinajstić information content (AvgIpc) is 2.91. The van der Waals surface area contributed by atoms with Gasteiger partial charge in [-0.2, -0.15) is 0 Å². The second kappa shape index (κ2) is 4.70. The fraction of sp³-hybridized carbons (Fsp3) is 0.267. The smallest absolute Gasteiger partial charge is 0.258 e. The first-order valence-electron chi connectivity index (χ1n) is 6.43. The number of rotatable bonds is 2. The fourth-order valence-electron chi connectivity index (χ4n) is 2.50. The number of nitrogen functional groups attached to an aromatic ring is 1. The third-order valence-corrected chi connectivity index (χ3v) is 4.61. The Morgan fingerprint density at radius 2 is 2.00 bits per heavy atom. The van der Waals surface area contributed by atoms with Gasteiger partial charge in [-0.1, -0.05) is 17.7 Å². The lowest BCUT2D eigenvalue weighted by atomic mass is 10.1. The topological polar surface area (TPSA) is 55.1 Å². The van der Waals surface area contributed by atoms with E-state index in [9.17, 15) is 4.79 Å². The van der Waals surface area contributed by atoms with E-state index >= 15 is 0 Å². The van der Waals surface area contributed by atoms with Crippen LogP contribution in [0.1, 0.15) is 32.8 Å². The van der Waals surface area contributed by atoms with Crippen molar-refractivity contribution in [3.63, 3.8) is 0 Å². The van der Waals surface area contributed by atoms with Crippen LogP contribution in [0.4, 0.5) is 10.7 Å². The molecule has 0 spiro atoms. The number of fused-ring (bicyclic) bond motifs is 1. The largest absolute Gasteiger partial charge is 0.390 e. The second-order valence-electron chi connectivity index (χ2n) is 4.92. The SMILES string of the molecule is Cc1ccc(NC(=O)c2c(N)sc3c2CCC3)cc1. The maximum Gasteiger partial charge on any atom is 0.258 e. The van der Waals surface area contributed by atoms with Crippen LogP contribution in [0.25, 0.3) is 0 Å². The highest BCUT2D eigenvalue weighted by atomic mass is 32.1. The van der Waals surface area contributed by atoms with E-state index in [1.807, 2.05) is 31.2 Å². The molecule has 98 valence electrons. The molecule has 1 amide bonds. The van der Waals surface area contributed by atoms with Crippen molar-refractivity contribution in [2.24, 2.45) is 0 Å². The predicted molar refractivity (Wildman–Crippen MR) is 79.9 cm³/mol. The van der Waals surface area contributed by atoms with Crippen LogP contribution in [-0.2, 0) is 12.8 Å². The lowest BCUT2D eigenvalue weighted by molar-refractivity contribution is 0.102. The van der Waals surface area contributed by atoms with Gasteiger partial charge in [-0.15, -0.1) is 11.3 Å². The Morgan fingerprint density at radius 3 is 2.74 bits per heavy atom. The summed E-state index contributed by atoms with van der Waals surface area (Å²) in [7, 11) is 0. The molecule has 0 unspecified atom stereocenters. The summed E-state index contributed by atoms with van der Waals surface area (Å²) in [6.07, 6.45) is 3.16. The van der Waals surface area contributed by atoms with Crippen molar-refractivity contribution in [2.75, 3.05) is 11.1 Å². The fourth-order valence-corrected chi connectivity index (χ4v) is 3.66. The molecule has 4 heteroatoms. The predicted octanol–water partition coefficient (Wildman–Crippen LogP) is 3.38. The Kier molecular flexibility index (Phi) is 3.03. The third kappa shape index (κ3) is 2.24. The summed E-state index contributed by atoms with van der Waals surface area (Å²) in [6, 6.07) is 7.79. The van der Waals surface area contributed by atoms with Gasteiger partial charge >= 0.3 is 0 Å². The molecule has 3 rings (SSSR count). The van der Waals surface area contributed by atoms with Gasteiger partial charge in [-0.3, -0.25) is 4.79 Å². The third-order valence-electron chi connectivity index (χ3n) is 3.49. The van der Waals surface area contributed by atoms with Gasteiger partial charge in [0.15, 0.2) is 0 Å². The van der Waals surface area contributed by atoms with Gasteiger partial charge < -0.3 is 11.1 Å². The minimum Gasteiger partial charge on any atom is -0.390 e. The van der Waals surface area contributed by atoms with Crippen LogP contribution in [0, 0.1) is 6.92 Å². The molecule has 0 aliphatic heterocycles. The number of carbonyl (C=O) groups excluding carboxylic acids is 1. The number of aryl methyl sites for hydroxylation is 2. The van der Waals surface area contributed by atoms with Crippen LogP contribution in [0.5, 0.6) is 0 Å². The van der Waals surface area contributed by atoms with E-state index in [0.29, 0.717) is 10.6 Å². The Morgan fingerprint density at radius 1 is 1.26 bits per heavy atom. The number of nitrogens with two attached hydrogens (primary N) is 1. The van der Waals surface area contributed by atoms with Gasteiger partial charge in [0, 0.05) is 10.6 Å². The van der Waals surface area contributed by atoms with Gasteiger partial charge in [-0.05, 0) is 43.9 Å². The maximum absolute atomic E-state index is 12.4. The first-order chi connectivity index (χ1) is 9.15. The molecular weight excluding hydrogens is 256 g/mol. The van der Waals surface area contributed by atoms with Crippen LogP contribution in [0.3, 0.4) is 0 Å². The highest BCUT2D eigenvalue weighted by molar-refractivity contribution is 7.16. The Balaban J connectivity index is 1.86. The number of hydrogen-bond donors (Lipinski definition) is 2. The highest BCUT2D eigenvalue weighted by Crippen LogP contribution is 2.37. The minimum atomic E-state index is -0.0826. The number of thiophene rings is 1. The molecule has 19 heavy (non-hydrogen) atoms. The van der Waals surface area contributed by atoms with Crippen molar-refractivity contribution in [1.82, 2.24) is 0 Å². The van der Waals surface area contributed by atoms with Crippen LogP contribution in [-0.4, -0.2) is 5.91 Å². The van der Waals surface area contributed by atoms with Crippen LogP contribution in [0.2, 0.25) is 0 Å². The minimum absolute atomic E-state index is 0.0826. The molecule has 0 atom stereocenters. The van der Waals surface area contributed by atoms with Crippen molar-refractivity contribution in [1.29, 1.82) is 0 Å². The number of nitrogens with one attached hydrogen (secondary N) is 1. The molecule has 1 aromatic heterocycles. The van der Waals surface area contributed by atoms with Gasteiger partial charge in [0.05, 0.1) is 10.6 Å². The Bertz CT molecular complexity index is 628. The number of amides is 1. The molecule has 0 fully saturated rings. The number of anilines is 2. The van der Waals surface area contributed by atoms with Crippen molar-refractivity contribution in [3.8, 4) is 0 Å². The summed E-state index contributed by atoms with van der Waals surface area (Å²) in [5, 5.41) is 3.58. The van der Waals surface area contributed by atoms with Crippen molar-refractivity contribution < 1.29 is 4.79 Å². The number of carbonyl (C=O) groups is 1. The van der Waals surface area contributed by atoms with Crippen LogP contribution < -0.4 is 11.1 Å². The molecule has 1 aliphatic carbocycles. The normalized spacial score (nSPS) is 13.3. The molecule has 3 N–H and O–H groups in total. The lowest BCUT2D eigenvalue weighted by Crippen LogP contribution is -2.14. The Hall–Kier alpha value is -1.81. The van der Waals surface area contributed by atoms with E-state index in [2.05, 4.69) is 5.32 Å². The Labute approximate surface area is 116 Å². The van der Waals surface area contributed by atoms with E-state index in [1.54, 1.807) is 11.3 Å². The van der Waals surface area contributed by atoms with Crippen molar-refractivity contribution in [3.05, 3.63) is 45.8 Å². The molecule has 0 bridgehead atoms. The van der Waals surface area contributed by atoms with Gasteiger partial charge in [-0.25, -0.2) is 0 Å². The summed E-state index contributed by atoms with van der Waals surface area (Å²) in [6.45, 7) is 2.02. The number of hydrogen-bond acceptors (Lipinski definition) is 3. The zero-order chi connectivity index (χ0) is 13.4. The second-order valence-corrected chi connectivity index (χ2v) is 6.05. The summed E-state index contributed by atoms with van der Waals surface area (Å²) in [4.78, 5) is 13.6. The summed E-state index contributed by atoms with van der Waals surface area (Å²) in [5.74, 6) is -0.0826. The monoisotopic (exact) mass is 272 g/mol. The summed E-state index contributed by atoms with van der Waals surface area (Å²) < 4.78 is 0. The van der Waals surface area contributed by atoms with E-state index < -0.39 is 0 Å². The molecule has 3 nitrogen and oxygen atoms in total. The molecule has 1 heterocycles. The van der Waals surface area contributed by atoms with Crippen molar-refractivity contribution >= 4 is 27.9 Å². The molecule has 0 radical (unpaired) electrons. The molecule has 0 saturated carbocycles. The van der Waals surface area contributed by atoms with Crippen LogP contribution >= 0.6 is 11.3 Å². The summed E-state index contributed by atoms with van der Waals surface area (Å²) >= 11 is 1.56. The highest BCUT2D eigenvalue weighted by Gasteiger charge is 2.25. The molecular formula is C15H16N2OS. The van der Waals surface area contributed by atoms with Gasteiger partial charge in [0.1, 0.15) is 0 Å². The van der Waals surface area contributed by atoms with Gasteiger partial charge in [0.2, 0.25) is 0 Å². The lowest BCUT2D eigenvalue weighted by Gasteiger charge is -2.07. The average molecular weight is 272 g/mol. The summed E-state index contributed by atoms with van der Waals surface area (Å²) in [5.41, 5.74) is 9.83. The molecule has 1 aromatic carbocycles. The molecule has 2 aromatic rings. The van der Waals surface area contributed by atoms with E-state index in [0.717, 1.165) is 30.5 Å².